The van der Waals surface area contributed by atoms with Crippen LogP contribution in [0.15, 0.2) is 54.6 Å². The average molecular weight is 336 g/mol. The molecule has 0 amide bonds. The monoisotopic (exact) mass is 336 g/mol. The number of hydrogen-bond donors (Lipinski definition) is 0. The van der Waals surface area contributed by atoms with Gasteiger partial charge in [0.2, 0.25) is 0 Å². The molecule has 1 aliphatic rings. The molecule has 0 N–H and O–H groups in total. The van der Waals surface area contributed by atoms with E-state index in [1.165, 1.54) is 12.5 Å². The number of anilines is 1. The second kappa shape index (κ2) is 7.75. The Kier molecular flexibility index (Phi) is 5.23. The predicted octanol–water partition coefficient (Wildman–Crippen LogP) is 4.48. The molecule has 1 heterocycles. The first-order valence-electron chi connectivity index (χ1n) is 8.46. The van der Waals surface area contributed by atoms with Gasteiger partial charge >= 0.3 is 0 Å². The third-order valence-electron chi connectivity index (χ3n) is 4.38. The largest absolute Gasteiger partial charge is 0.366 e. The molecule has 0 unspecified atom stereocenters. The first-order chi connectivity index (χ1) is 12.1. The smallest absolute Gasteiger partial charge is 0.293 e. The minimum atomic E-state index is -0.347. The molecule has 1 aliphatic heterocycles. The highest BCUT2D eigenvalue weighted by Crippen LogP contribution is 2.31. The predicted molar refractivity (Wildman–Crippen MR) is 99.0 cm³/mol. The molecular formula is C20H20N2O3. The van der Waals surface area contributed by atoms with E-state index in [1.54, 1.807) is 42.5 Å². The van der Waals surface area contributed by atoms with Gasteiger partial charge in [0, 0.05) is 24.7 Å². The van der Waals surface area contributed by atoms with Crippen molar-refractivity contribution in [2.24, 2.45) is 0 Å². The first kappa shape index (κ1) is 16.9. The summed E-state index contributed by atoms with van der Waals surface area (Å²) in [6, 6.07) is 14.1. The van der Waals surface area contributed by atoms with Gasteiger partial charge in [0.15, 0.2) is 5.78 Å². The second-order valence-electron chi connectivity index (χ2n) is 6.12. The van der Waals surface area contributed by atoms with Crippen LogP contribution in [0.25, 0.3) is 6.08 Å². The van der Waals surface area contributed by atoms with Crippen LogP contribution < -0.4 is 4.90 Å². The Hall–Kier alpha value is -2.95. The minimum Gasteiger partial charge on any atom is -0.366 e. The fourth-order valence-electron chi connectivity index (χ4n) is 3.06. The van der Waals surface area contributed by atoms with Gasteiger partial charge in [-0.2, -0.15) is 0 Å². The van der Waals surface area contributed by atoms with Crippen LogP contribution in [0.3, 0.4) is 0 Å². The van der Waals surface area contributed by atoms with Crippen molar-refractivity contribution in [1.82, 2.24) is 0 Å². The van der Waals surface area contributed by atoms with Gasteiger partial charge < -0.3 is 4.90 Å². The van der Waals surface area contributed by atoms with Crippen molar-refractivity contribution in [3.8, 4) is 0 Å². The zero-order chi connectivity index (χ0) is 17.6. The van der Waals surface area contributed by atoms with Gasteiger partial charge in [-0.05, 0) is 37.0 Å². The number of carbonyl (C=O) groups is 1. The summed E-state index contributed by atoms with van der Waals surface area (Å²) in [5.74, 6) is -0.122. The highest BCUT2D eigenvalue weighted by atomic mass is 16.6. The Bertz CT molecular complexity index is 794. The van der Waals surface area contributed by atoms with Crippen molar-refractivity contribution in [2.75, 3.05) is 18.0 Å². The van der Waals surface area contributed by atoms with Crippen molar-refractivity contribution >= 4 is 23.2 Å². The molecule has 0 atom stereocenters. The third-order valence-corrected chi connectivity index (χ3v) is 4.38. The minimum absolute atomic E-state index is 0.0937. The quantitative estimate of drug-likeness (QED) is 0.349. The van der Waals surface area contributed by atoms with Gasteiger partial charge in [-0.15, -0.1) is 0 Å². The van der Waals surface area contributed by atoms with Gasteiger partial charge in [0.1, 0.15) is 5.69 Å². The van der Waals surface area contributed by atoms with Gasteiger partial charge in [0.05, 0.1) is 4.92 Å². The lowest BCUT2D eigenvalue weighted by Crippen LogP contribution is -2.29. The molecule has 3 rings (SSSR count). The standard InChI is InChI=1S/C20H20N2O3/c23-20(17-7-3-1-4-8-17)12-10-16-9-11-18(19(15-16)22(24)25)21-13-5-2-6-14-21/h1,3-4,7-12,15H,2,5-6,13-14H2/b12-10+. The summed E-state index contributed by atoms with van der Waals surface area (Å²) < 4.78 is 0. The lowest BCUT2D eigenvalue weighted by molar-refractivity contribution is -0.384. The highest BCUT2D eigenvalue weighted by molar-refractivity contribution is 6.06. The number of nitro groups is 1. The SMILES string of the molecule is O=C(/C=C/c1ccc(N2CCCCC2)c([N+](=O)[O-])c1)c1ccccc1. The Balaban J connectivity index is 1.83. The fraction of sp³-hybridized carbons (Fsp3) is 0.250. The molecule has 1 fully saturated rings. The second-order valence-corrected chi connectivity index (χ2v) is 6.12. The van der Waals surface area contributed by atoms with E-state index >= 15 is 0 Å². The molecule has 25 heavy (non-hydrogen) atoms. The Morgan fingerprint density at radius 2 is 1.76 bits per heavy atom. The van der Waals surface area contributed by atoms with Gasteiger partial charge in [-0.3, -0.25) is 14.9 Å². The molecule has 0 aliphatic carbocycles. The Morgan fingerprint density at radius 3 is 2.44 bits per heavy atom. The molecule has 0 saturated carbocycles. The molecule has 0 bridgehead atoms. The number of allylic oxidation sites excluding steroid dienone is 1. The summed E-state index contributed by atoms with van der Waals surface area (Å²) in [6.45, 7) is 1.70. The number of ketones is 1. The molecule has 1 saturated heterocycles. The summed E-state index contributed by atoms with van der Waals surface area (Å²) in [6.07, 6.45) is 6.37. The average Bonchev–Trinajstić information content (AvgIpc) is 2.67. The third kappa shape index (κ3) is 4.12. The maximum Gasteiger partial charge on any atom is 0.293 e. The molecule has 0 spiro atoms. The fourth-order valence-corrected chi connectivity index (χ4v) is 3.06. The molecule has 2 aromatic carbocycles. The van der Waals surface area contributed by atoms with Crippen molar-refractivity contribution in [3.63, 3.8) is 0 Å². The number of nitro benzene ring substituents is 1. The summed E-state index contributed by atoms with van der Waals surface area (Å²) in [5.41, 5.74) is 2.00. The van der Waals surface area contributed by atoms with Crippen molar-refractivity contribution in [2.45, 2.75) is 19.3 Å². The van der Waals surface area contributed by atoms with Crippen LogP contribution in [0.4, 0.5) is 11.4 Å². The van der Waals surface area contributed by atoms with E-state index in [1.807, 2.05) is 12.1 Å². The summed E-state index contributed by atoms with van der Waals surface area (Å²) in [5, 5.41) is 11.5. The summed E-state index contributed by atoms with van der Waals surface area (Å²) in [7, 11) is 0. The normalized spacial score (nSPS) is 14.6. The van der Waals surface area contributed by atoms with Gasteiger partial charge in [0.25, 0.3) is 5.69 Å². The molecule has 0 radical (unpaired) electrons. The van der Waals surface area contributed by atoms with Crippen LogP contribution in [0.2, 0.25) is 0 Å². The number of nitrogens with zero attached hydrogens (tertiary/aromatic N) is 2. The van der Waals surface area contributed by atoms with E-state index in [9.17, 15) is 14.9 Å². The van der Waals surface area contributed by atoms with Crippen LogP contribution in [0.1, 0.15) is 35.2 Å². The van der Waals surface area contributed by atoms with Crippen LogP contribution >= 0.6 is 0 Å². The summed E-state index contributed by atoms with van der Waals surface area (Å²) in [4.78, 5) is 25.3. The van der Waals surface area contributed by atoms with E-state index in [4.69, 9.17) is 0 Å². The molecule has 5 nitrogen and oxygen atoms in total. The lowest BCUT2D eigenvalue weighted by atomic mass is 10.1. The number of piperidine rings is 1. The van der Waals surface area contributed by atoms with E-state index in [2.05, 4.69) is 4.90 Å². The number of benzene rings is 2. The summed E-state index contributed by atoms with van der Waals surface area (Å²) >= 11 is 0. The molecule has 5 heteroatoms. The molecular weight excluding hydrogens is 316 g/mol. The topological polar surface area (TPSA) is 63.5 Å². The van der Waals surface area contributed by atoms with Gasteiger partial charge in [-0.25, -0.2) is 0 Å². The number of hydrogen-bond acceptors (Lipinski definition) is 4. The number of rotatable bonds is 5. The first-order valence-corrected chi connectivity index (χ1v) is 8.46. The maximum absolute atomic E-state index is 12.1. The molecule has 2 aromatic rings. The molecule has 0 aromatic heterocycles. The van der Waals surface area contributed by atoms with Crippen molar-refractivity contribution < 1.29 is 9.72 Å². The Morgan fingerprint density at radius 1 is 1.04 bits per heavy atom. The van der Waals surface area contributed by atoms with Gasteiger partial charge in [-0.1, -0.05) is 42.5 Å². The maximum atomic E-state index is 12.1. The van der Waals surface area contributed by atoms with E-state index in [0.717, 1.165) is 25.9 Å². The van der Waals surface area contributed by atoms with Crippen LogP contribution in [-0.2, 0) is 0 Å². The van der Waals surface area contributed by atoms with Crippen LogP contribution in [0, 0.1) is 10.1 Å². The van der Waals surface area contributed by atoms with E-state index in [0.29, 0.717) is 16.8 Å². The van der Waals surface area contributed by atoms with Crippen LogP contribution in [-0.4, -0.2) is 23.8 Å². The van der Waals surface area contributed by atoms with Crippen molar-refractivity contribution in [3.05, 3.63) is 75.8 Å². The van der Waals surface area contributed by atoms with Crippen molar-refractivity contribution in [1.29, 1.82) is 0 Å². The Labute approximate surface area is 146 Å². The molecule has 128 valence electrons. The lowest BCUT2D eigenvalue weighted by Gasteiger charge is -2.28. The van der Waals surface area contributed by atoms with E-state index in [-0.39, 0.29) is 16.4 Å². The zero-order valence-corrected chi connectivity index (χ0v) is 13.9. The number of carbonyl (C=O) groups excluding carboxylic acids is 1. The van der Waals surface area contributed by atoms with Crippen LogP contribution in [0.5, 0.6) is 0 Å². The zero-order valence-electron chi connectivity index (χ0n) is 13.9. The van der Waals surface area contributed by atoms with E-state index < -0.39 is 0 Å². The highest BCUT2D eigenvalue weighted by Gasteiger charge is 2.21.